The molecule has 0 amide bonds. The van der Waals surface area contributed by atoms with Crippen LogP contribution in [0, 0.1) is 0 Å². The van der Waals surface area contributed by atoms with E-state index < -0.39 is 10.0 Å². The second-order valence-electron chi connectivity index (χ2n) is 4.40. The third kappa shape index (κ3) is 3.42. The maximum absolute atomic E-state index is 12.9. The Morgan fingerprint density at radius 2 is 1.81 bits per heavy atom. The summed E-state index contributed by atoms with van der Waals surface area (Å²) in [6, 6.07) is 14.2. The number of hydrogen-bond acceptors (Lipinski definition) is 2. The number of anilines is 1. The largest absolute Gasteiger partial charge is 0.267 e. The molecule has 2 rings (SSSR count). The van der Waals surface area contributed by atoms with Gasteiger partial charge in [0.25, 0.3) is 10.0 Å². The van der Waals surface area contributed by atoms with Crippen LogP contribution in [-0.2, 0) is 15.9 Å². The fraction of sp³-hybridized carbons (Fsp3) is 0.200. The van der Waals surface area contributed by atoms with Crippen molar-refractivity contribution in [1.29, 1.82) is 0 Å². The monoisotopic (exact) mass is 387 g/mol. The molecule has 0 aliphatic heterocycles. The molecule has 0 saturated carbocycles. The molecule has 0 aromatic heterocycles. The van der Waals surface area contributed by atoms with Crippen molar-refractivity contribution in [3.8, 4) is 0 Å². The van der Waals surface area contributed by atoms with Crippen molar-refractivity contribution in [1.82, 2.24) is 0 Å². The van der Waals surface area contributed by atoms with Crippen LogP contribution in [0.15, 0.2) is 57.9 Å². The van der Waals surface area contributed by atoms with E-state index in [0.29, 0.717) is 16.7 Å². The molecule has 0 heterocycles. The third-order valence-electron chi connectivity index (χ3n) is 3.05. The Kier molecular flexibility index (Phi) is 5.30. The van der Waals surface area contributed by atoms with Crippen LogP contribution in [0.4, 0.5) is 5.69 Å². The zero-order chi connectivity index (χ0) is 15.5. The van der Waals surface area contributed by atoms with E-state index in [1.165, 1.54) is 4.31 Å². The first kappa shape index (κ1) is 16.3. The van der Waals surface area contributed by atoms with E-state index in [0.717, 1.165) is 5.56 Å². The number of alkyl halides is 1. The minimum absolute atomic E-state index is 0.228. The topological polar surface area (TPSA) is 37.4 Å². The van der Waals surface area contributed by atoms with Crippen LogP contribution in [-0.4, -0.2) is 15.0 Å². The van der Waals surface area contributed by atoms with E-state index in [4.69, 9.17) is 11.6 Å². The Morgan fingerprint density at radius 1 is 1.14 bits per heavy atom. The van der Waals surface area contributed by atoms with Gasteiger partial charge in [0.15, 0.2) is 0 Å². The highest BCUT2D eigenvalue weighted by atomic mass is 79.9. The molecule has 112 valence electrons. The zero-order valence-electron chi connectivity index (χ0n) is 11.5. The van der Waals surface area contributed by atoms with E-state index in [-0.39, 0.29) is 10.8 Å². The van der Waals surface area contributed by atoms with Crippen molar-refractivity contribution in [3.63, 3.8) is 0 Å². The number of rotatable bonds is 5. The number of benzene rings is 2. The fourth-order valence-electron chi connectivity index (χ4n) is 2.03. The molecule has 0 bridgehead atoms. The van der Waals surface area contributed by atoms with Gasteiger partial charge in [-0.05, 0) is 52.7 Å². The Balaban J connectivity index is 2.55. The summed E-state index contributed by atoms with van der Waals surface area (Å²) >= 11 is 9.12. The molecule has 0 N–H and O–H groups in total. The lowest BCUT2D eigenvalue weighted by molar-refractivity contribution is 0.591. The number of hydrogen-bond donors (Lipinski definition) is 0. The molecule has 6 heteroatoms. The van der Waals surface area contributed by atoms with Crippen LogP contribution in [0.2, 0.25) is 0 Å². The number of para-hydroxylation sites is 1. The molecule has 0 fully saturated rings. The van der Waals surface area contributed by atoms with Crippen LogP contribution >= 0.6 is 27.5 Å². The summed E-state index contributed by atoms with van der Waals surface area (Å²) < 4.78 is 27.7. The van der Waals surface area contributed by atoms with Crippen molar-refractivity contribution >= 4 is 43.2 Å². The zero-order valence-corrected chi connectivity index (χ0v) is 14.6. The maximum atomic E-state index is 12.9. The predicted octanol–water partition coefficient (Wildman–Crippen LogP) is 4.40. The predicted molar refractivity (Wildman–Crippen MR) is 90.3 cm³/mol. The summed E-state index contributed by atoms with van der Waals surface area (Å²) in [5, 5.41) is 0. The molecule has 0 aliphatic rings. The average molecular weight is 389 g/mol. The quantitative estimate of drug-likeness (QED) is 0.712. The van der Waals surface area contributed by atoms with Gasteiger partial charge in [-0.1, -0.05) is 24.3 Å². The molecule has 2 aromatic rings. The molecule has 0 spiro atoms. The molecule has 0 unspecified atom stereocenters. The molecule has 3 nitrogen and oxygen atoms in total. The normalized spacial score (nSPS) is 11.4. The number of sulfonamides is 1. The number of halogens is 2. The average Bonchev–Trinajstić information content (AvgIpc) is 2.49. The summed E-state index contributed by atoms with van der Waals surface area (Å²) in [6.45, 7) is 2.16. The van der Waals surface area contributed by atoms with Gasteiger partial charge in [0.2, 0.25) is 0 Å². The Morgan fingerprint density at radius 3 is 2.38 bits per heavy atom. The lowest BCUT2D eigenvalue weighted by Crippen LogP contribution is -2.31. The van der Waals surface area contributed by atoms with Crippen molar-refractivity contribution in [2.24, 2.45) is 0 Å². The molecule has 0 radical (unpaired) electrons. The highest BCUT2D eigenvalue weighted by molar-refractivity contribution is 9.10. The molecular weight excluding hydrogens is 374 g/mol. The minimum Gasteiger partial charge on any atom is -0.267 e. The molecule has 0 saturated heterocycles. The molecule has 0 atom stereocenters. The first-order valence-electron chi connectivity index (χ1n) is 6.43. The Labute approximate surface area is 138 Å². The van der Waals surface area contributed by atoms with Gasteiger partial charge in [-0.3, -0.25) is 4.31 Å². The van der Waals surface area contributed by atoms with E-state index in [9.17, 15) is 8.42 Å². The summed E-state index contributed by atoms with van der Waals surface area (Å²) in [6.07, 6.45) is 0. The summed E-state index contributed by atoms with van der Waals surface area (Å²) in [7, 11) is -3.64. The van der Waals surface area contributed by atoms with E-state index in [2.05, 4.69) is 15.9 Å². The van der Waals surface area contributed by atoms with Crippen molar-refractivity contribution in [3.05, 3.63) is 58.6 Å². The lowest BCUT2D eigenvalue weighted by Gasteiger charge is -2.23. The molecule has 2 aromatic carbocycles. The van der Waals surface area contributed by atoms with Gasteiger partial charge in [-0.2, -0.15) is 0 Å². The van der Waals surface area contributed by atoms with Gasteiger partial charge in [-0.15, -0.1) is 11.6 Å². The Bertz CT molecular complexity index is 720. The van der Waals surface area contributed by atoms with E-state index in [1.807, 2.05) is 25.1 Å². The van der Waals surface area contributed by atoms with Gasteiger partial charge in [-0.25, -0.2) is 8.42 Å². The van der Waals surface area contributed by atoms with Crippen molar-refractivity contribution in [2.45, 2.75) is 17.7 Å². The van der Waals surface area contributed by atoms with Crippen molar-refractivity contribution in [2.75, 3.05) is 10.8 Å². The smallest absolute Gasteiger partial charge is 0.265 e. The van der Waals surface area contributed by atoms with Crippen LogP contribution in [0.1, 0.15) is 12.5 Å². The van der Waals surface area contributed by atoms with Gasteiger partial charge < -0.3 is 0 Å². The number of nitrogens with zero attached hydrogens (tertiary/aromatic N) is 1. The van der Waals surface area contributed by atoms with Crippen LogP contribution in [0.5, 0.6) is 0 Å². The summed E-state index contributed by atoms with van der Waals surface area (Å²) in [5.74, 6) is 0.271. The van der Waals surface area contributed by atoms with Crippen molar-refractivity contribution < 1.29 is 8.42 Å². The molecule has 21 heavy (non-hydrogen) atoms. The van der Waals surface area contributed by atoms with Crippen LogP contribution in [0.3, 0.4) is 0 Å². The van der Waals surface area contributed by atoms with Crippen LogP contribution in [0.25, 0.3) is 0 Å². The lowest BCUT2D eigenvalue weighted by atomic mass is 10.2. The van der Waals surface area contributed by atoms with Gasteiger partial charge in [0.1, 0.15) is 4.90 Å². The fourth-order valence-corrected chi connectivity index (χ4v) is 4.65. The standard InChI is InChI=1S/C15H15BrClNO2S/c1-2-18(13-6-4-3-5-7-13)21(19,20)15-10-12(11-17)8-9-14(15)16/h3-10H,2,11H2,1H3. The molecule has 0 aliphatic carbocycles. The second kappa shape index (κ2) is 6.81. The van der Waals surface area contributed by atoms with E-state index in [1.54, 1.807) is 30.3 Å². The second-order valence-corrected chi connectivity index (χ2v) is 7.36. The summed E-state index contributed by atoms with van der Waals surface area (Å²) in [4.78, 5) is 0.228. The minimum atomic E-state index is -3.64. The Hall–Kier alpha value is -1.04. The van der Waals surface area contributed by atoms with E-state index >= 15 is 0 Å². The maximum Gasteiger partial charge on any atom is 0.265 e. The van der Waals surface area contributed by atoms with Crippen LogP contribution < -0.4 is 4.31 Å². The SMILES string of the molecule is CCN(c1ccccc1)S(=O)(=O)c1cc(CCl)ccc1Br. The molecular formula is C15H15BrClNO2S. The third-order valence-corrected chi connectivity index (χ3v) is 6.25. The van der Waals surface area contributed by atoms with Gasteiger partial charge in [0.05, 0.1) is 5.69 Å². The highest BCUT2D eigenvalue weighted by Crippen LogP contribution is 2.29. The first-order valence-corrected chi connectivity index (χ1v) is 9.19. The highest BCUT2D eigenvalue weighted by Gasteiger charge is 2.26. The first-order chi connectivity index (χ1) is 10.0. The van der Waals surface area contributed by atoms with Gasteiger partial charge >= 0.3 is 0 Å². The van der Waals surface area contributed by atoms with Gasteiger partial charge in [0, 0.05) is 16.9 Å². The summed E-state index contributed by atoms with van der Waals surface area (Å²) in [5.41, 5.74) is 1.41.